The third-order valence-corrected chi connectivity index (χ3v) is 9.80. The molecular weight excluding hydrogens is 702 g/mol. The Morgan fingerprint density at radius 1 is 0.463 bits per heavy atom. The Bertz CT molecular complexity index is 1760. The van der Waals surface area contributed by atoms with Crippen molar-refractivity contribution in [2.24, 2.45) is 5.92 Å². The minimum atomic E-state index is -1.14. The summed E-state index contributed by atoms with van der Waals surface area (Å²) in [6.45, 7) is 6.62. The van der Waals surface area contributed by atoms with Gasteiger partial charge in [0, 0.05) is 34.4 Å². The van der Waals surface area contributed by atoms with Crippen molar-refractivity contribution in [2.45, 2.75) is 111 Å². The highest BCUT2D eigenvalue weighted by atomic mass is 19.2. The van der Waals surface area contributed by atoms with Gasteiger partial charge in [0.2, 0.25) is 5.82 Å². The second-order valence-corrected chi connectivity index (χ2v) is 14.1. The molecule has 1 atom stereocenters. The molecule has 0 aliphatic heterocycles. The van der Waals surface area contributed by atoms with Crippen LogP contribution in [-0.2, 0) is 0 Å². The molecule has 294 valence electrons. The van der Waals surface area contributed by atoms with Gasteiger partial charge in [0.05, 0.1) is 19.8 Å². The van der Waals surface area contributed by atoms with Crippen molar-refractivity contribution in [1.29, 1.82) is 0 Å². The summed E-state index contributed by atoms with van der Waals surface area (Å²) in [6.07, 6.45) is 15.8. The van der Waals surface area contributed by atoms with Crippen LogP contribution in [0.15, 0.2) is 60.7 Å². The quantitative estimate of drug-likeness (QED) is 0.0526. The van der Waals surface area contributed by atoms with Crippen molar-refractivity contribution < 1.29 is 40.6 Å². The standard InChI is InChI=1S/C45H54F6O3/c1-4-52-41-26-25-38(44(50)45(41)51)36-24-21-34(30-40(36)47)54-28-16-12-8-6-10-14-18-31(2)17-13-9-5-7-11-15-27-53-33-20-23-35(39(46)29-33)37-22-19-32(3)42(48)43(37)49/h19-26,29-31H,4-18,27-28H2,1-3H3. The van der Waals surface area contributed by atoms with Crippen LogP contribution in [0.3, 0.4) is 0 Å². The number of halogens is 6. The molecular formula is C45H54F6O3. The molecule has 0 saturated heterocycles. The van der Waals surface area contributed by atoms with E-state index in [1.54, 1.807) is 19.1 Å². The molecule has 3 nitrogen and oxygen atoms in total. The lowest BCUT2D eigenvalue weighted by atomic mass is 9.96. The zero-order valence-electron chi connectivity index (χ0n) is 31.9. The third kappa shape index (κ3) is 12.7. The Morgan fingerprint density at radius 2 is 0.889 bits per heavy atom. The van der Waals surface area contributed by atoms with E-state index in [0.717, 1.165) is 44.4 Å². The zero-order chi connectivity index (χ0) is 38.9. The summed E-state index contributed by atoms with van der Waals surface area (Å²) < 4.78 is 103. The number of rotatable bonds is 24. The van der Waals surface area contributed by atoms with Crippen molar-refractivity contribution in [2.75, 3.05) is 19.8 Å². The largest absolute Gasteiger partial charge is 0.493 e. The van der Waals surface area contributed by atoms with Crippen LogP contribution in [0.4, 0.5) is 26.3 Å². The third-order valence-electron chi connectivity index (χ3n) is 9.80. The Hall–Kier alpha value is -4.14. The van der Waals surface area contributed by atoms with Crippen LogP contribution >= 0.6 is 0 Å². The fourth-order valence-electron chi connectivity index (χ4n) is 6.60. The van der Waals surface area contributed by atoms with Gasteiger partial charge in [0.25, 0.3) is 0 Å². The Balaban J connectivity index is 0.963. The first kappa shape index (κ1) is 42.6. The molecule has 9 heteroatoms. The van der Waals surface area contributed by atoms with Gasteiger partial charge in [-0.3, -0.25) is 0 Å². The molecule has 0 radical (unpaired) electrons. The SMILES string of the molecule is CCOc1ccc(-c2ccc(OCCCCCCCCC(C)CCCCCCCCOc3ccc(-c4ccc(C)c(F)c4F)c(F)c3)cc2F)c(F)c1F. The lowest BCUT2D eigenvalue weighted by Gasteiger charge is -2.12. The maximum atomic E-state index is 14.7. The number of unbranched alkanes of at least 4 members (excludes halogenated alkanes) is 10. The summed E-state index contributed by atoms with van der Waals surface area (Å²) in [5, 5.41) is 0. The second kappa shape index (κ2) is 22.3. The molecule has 54 heavy (non-hydrogen) atoms. The van der Waals surface area contributed by atoms with Crippen LogP contribution in [0.25, 0.3) is 22.3 Å². The van der Waals surface area contributed by atoms with Crippen LogP contribution in [0.5, 0.6) is 17.2 Å². The molecule has 4 aromatic rings. The van der Waals surface area contributed by atoms with Crippen LogP contribution in [0.2, 0.25) is 0 Å². The molecule has 0 N–H and O–H groups in total. The van der Waals surface area contributed by atoms with E-state index >= 15 is 0 Å². The average Bonchev–Trinajstić information content (AvgIpc) is 3.15. The average molecular weight is 757 g/mol. The summed E-state index contributed by atoms with van der Waals surface area (Å²) in [5.74, 6) is -4.35. The van der Waals surface area contributed by atoms with Crippen molar-refractivity contribution >= 4 is 0 Å². The van der Waals surface area contributed by atoms with Crippen molar-refractivity contribution in [3.05, 3.63) is 101 Å². The Morgan fingerprint density at radius 3 is 1.37 bits per heavy atom. The minimum Gasteiger partial charge on any atom is -0.493 e. The minimum absolute atomic E-state index is 0.00808. The van der Waals surface area contributed by atoms with Gasteiger partial charge < -0.3 is 14.2 Å². The van der Waals surface area contributed by atoms with E-state index in [9.17, 15) is 26.3 Å². The van der Waals surface area contributed by atoms with Gasteiger partial charge in [0.1, 0.15) is 23.1 Å². The molecule has 4 rings (SSSR count). The number of hydrogen-bond donors (Lipinski definition) is 0. The van der Waals surface area contributed by atoms with Gasteiger partial charge in [-0.25, -0.2) is 22.0 Å². The van der Waals surface area contributed by atoms with Crippen LogP contribution in [0, 0.1) is 47.7 Å². The smallest absolute Gasteiger partial charge is 0.201 e. The lowest BCUT2D eigenvalue weighted by molar-refractivity contribution is 0.302. The molecule has 0 amide bonds. The maximum absolute atomic E-state index is 14.7. The molecule has 4 aromatic carbocycles. The van der Waals surface area contributed by atoms with E-state index in [0.29, 0.717) is 24.7 Å². The summed E-state index contributed by atoms with van der Waals surface area (Å²) in [7, 11) is 0. The van der Waals surface area contributed by atoms with Gasteiger partial charge in [-0.05, 0) is 74.6 Å². The summed E-state index contributed by atoms with van der Waals surface area (Å²) in [6, 6.07) is 13.9. The van der Waals surface area contributed by atoms with Gasteiger partial charge >= 0.3 is 0 Å². The lowest BCUT2D eigenvalue weighted by Crippen LogP contribution is -2.00. The van der Waals surface area contributed by atoms with Gasteiger partial charge in [-0.1, -0.05) is 96.1 Å². The zero-order valence-corrected chi connectivity index (χ0v) is 31.9. The van der Waals surface area contributed by atoms with Crippen molar-refractivity contribution in [3.8, 4) is 39.5 Å². The number of ether oxygens (including phenoxy) is 3. The van der Waals surface area contributed by atoms with Crippen molar-refractivity contribution in [3.63, 3.8) is 0 Å². The highest BCUT2D eigenvalue weighted by Crippen LogP contribution is 2.34. The number of hydrogen-bond acceptors (Lipinski definition) is 3. The first-order chi connectivity index (χ1) is 26.1. The van der Waals surface area contributed by atoms with Crippen LogP contribution < -0.4 is 14.2 Å². The molecule has 0 fully saturated rings. The Kier molecular flexibility index (Phi) is 17.6. The predicted molar refractivity (Wildman–Crippen MR) is 204 cm³/mol. The fourth-order valence-corrected chi connectivity index (χ4v) is 6.60. The molecule has 0 bridgehead atoms. The molecule has 0 spiro atoms. The number of benzene rings is 4. The van der Waals surface area contributed by atoms with E-state index in [4.69, 9.17) is 14.2 Å². The van der Waals surface area contributed by atoms with Gasteiger partial charge in [0.15, 0.2) is 23.2 Å². The van der Waals surface area contributed by atoms with E-state index in [1.165, 1.54) is 107 Å². The van der Waals surface area contributed by atoms with Gasteiger partial charge in [-0.15, -0.1) is 0 Å². The molecule has 0 aliphatic rings. The normalized spacial score (nSPS) is 11.9. The number of aryl methyl sites for hydroxylation is 1. The van der Waals surface area contributed by atoms with E-state index in [1.807, 2.05) is 0 Å². The molecule has 0 heterocycles. The first-order valence-corrected chi connectivity index (χ1v) is 19.5. The summed E-state index contributed by atoms with van der Waals surface area (Å²) in [5.41, 5.74) is -0.114. The highest BCUT2D eigenvalue weighted by molar-refractivity contribution is 5.67. The monoisotopic (exact) mass is 756 g/mol. The fraction of sp³-hybridized carbons (Fsp3) is 0.467. The van der Waals surface area contributed by atoms with E-state index < -0.39 is 34.9 Å². The molecule has 0 aliphatic carbocycles. The maximum Gasteiger partial charge on any atom is 0.201 e. The summed E-state index contributed by atoms with van der Waals surface area (Å²) in [4.78, 5) is 0. The van der Waals surface area contributed by atoms with Crippen LogP contribution in [-0.4, -0.2) is 19.8 Å². The van der Waals surface area contributed by atoms with Gasteiger partial charge in [-0.2, -0.15) is 4.39 Å². The van der Waals surface area contributed by atoms with E-state index in [-0.39, 0.29) is 40.2 Å². The second-order valence-electron chi connectivity index (χ2n) is 14.1. The predicted octanol–water partition coefficient (Wildman–Crippen LogP) is 14.1. The first-order valence-electron chi connectivity index (χ1n) is 19.5. The van der Waals surface area contributed by atoms with E-state index in [2.05, 4.69) is 6.92 Å². The summed E-state index contributed by atoms with van der Waals surface area (Å²) >= 11 is 0. The topological polar surface area (TPSA) is 27.7 Å². The molecule has 0 aromatic heterocycles. The molecule has 0 saturated carbocycles. The highest BCUT2D eigenvalue weighted by Gasteiger charge is 2.19. The van der Waals surface area contributed by atoms with Crippen LogP contribution in [0.1, 0.15) is 109 Å². The van der Waals surface area contributed by atoms with Crippen molar-refractivity contribution in [1.82, 2.24) is 0 Å². The molecule has 1 unspecified atom stereocenters. The Labute approximate surface area is 317 Å².